The highest BCUT2D eigenvalue weighted by atomic mass is 79.9. The number of oxime groups is 1. The van der Waals surface area contributed by atoms with E-state index < -0.39 is 0 Å². The lowest BCUT2D eigenvalue weighted by atomic mass is 10.2. The standard InChI is InChI=1S/C18H19BrN2O4/c1-23-16-8-5-14(9-17(16)24-2)10-20-18(22)12-25-21-11-13-3-6-15(19)7-4-13/h3-9,11H,10,12H2,1-2H3,(H,20,22)/b21-11-. The summed E-state index contributed by atoms with van der Waals surface area (Å²) in [6.07, 6.45) is 1.55. The number of hydrogen-bond donors (Lipinski definition) is 1. The van der Waals surface area contributed by atoms with Crippen LogP contribution < -0.4 is 14.8 Å². The smallest absolute Gasteiger partial charge is 0.261 e. The predicted octanol–water partition coefficient (Wildman–Crippen LogP) is 3.13. The second-order valence-electron chi connectivity index (χ2n) is 5.03. The number of rotatable bonds is 8. The average molecular weight is 407 g/mol. The van der Waals surface area contributed by atoms with E-state index in [1.54, 1.807) is 26.5 Å². The molecular weight excluding hydrogens is 388 g/mol. The zero-order chi connectivity index (χ0) is 18.1. The molecule has 0 bridgehead atoms. The molecule has 0 fully saturated rings. The molecular formula is C18H19BrN2O4. The Kier molecular flexibility index (Phi) is 7.28. The third kappa shape index (κ3) is 6.11. The first kappa shape index (κ1) is 18.8. The van der Waals surface area contributed by atoms with Crippen molar-refractivity contribution in [2.24, 2.45) is 5.16 Å². The largest absolute Gasteiger partial charge is 0.493 e. The Balaban J connectivity index is 1.76. The minimum Gasteiger partial charge on any atom is -0.493 e. The maximum absolute atomic E-state index is 11.8. The summed E-state index contributed by atoms with van der Waals surface area (Å²) < 4.78 is 11.4. The minimum atomic E-state index is -0.261. The fraction of sp³-hybridized carbons (Fsp3) is 0.222. The topological polar surface area (TPSA) is 69.2 Å². The van der Waals surface area contributed by atoms with Gasteiger partial charge in [0.15, 0.2) is 18.1 Å². The molecule has 0 atom stereocenters. The van der Waals surface area contributed by atoms with E-state index in [1.807, 2.05) is 36.4 Å². The van der Waals surface area contributed by atoms with Crippen molar-refractivity contribution in [3.05, 3.63) is 58.1 Å². The fourth-order valence-corrected chi connectivity index (χ4v) is 2.25. The SMILES string of the molecule is COc1ccc(CNC(=O)CO/N=C\c2ccc(Br)cc2)cc1OC. The van der Waals surface area contributed by atoms with Crippen LogP contribution in [0.4, 0.5) is 0 Å². The van der Waals surface area contributed by atoms with Crippen LogP contribution in [0.2, 0.25) is 0 Å². The molecule has 132 valence electrons. The second kappa shape index (κ2) is 9.68. The first-order chi connectivity index (χ1) is 12.1. The molecule has 0 saturated heterocycles. The number of hydrogen-bond acceptors (Lipinski definition) is 5. The molecule has 7 heteroatoms. The van der Waals surface area contributed by atoms with E-state index in [0.717, 1.165) is 15.6 Å². The quantitative estimate of drug-likeness (QED) is 0.539. The van der Waals surface area contributed by atoms with E-state index in [4.69, 9.17) is 14.3 Å². The summed E-state index contributed by atoms with van der Waals surface area (Å²) >= 11 is 3.36. The molecule has 1 N–H and O–H groups in total. The molecule has 0 aliphatic rings. The van der Waals surface area contributed by atoms with Crippen LogP contribution in [0.25, 0.3) is 0 Å². The Bertz CT molecular complexity index is 732. The van der Waals surface area contributed by atoms with Gasteiger partial charge in [0, 0.05) is 11.0 Å². The Morgan fingerprint density at radius 2 is 1.84 bits per heavy atom. The molecule has 1 amide bonds. The average Bonchev–Trinajstić information content (AvgIpc) is 2.64. The van der Waals surface area contributed by atoms with Crippen molar-refractivity contribution in [1.29, 1.82) is 0 Å². The summed E-state index contributed by atoms with van der Waals surface area (Å²) in [6, 6.07) is 13.0. The van der Waals surface area contributed by atoms with E-state index in [0.29, 0.717) is 18.0 Å². The van der Waals surface area contributed by atoms with Crippen LogP contribution in [0.1, 0.15) is 11.1 Å². The number of nitrogens with one attached hydrogen (secondary N) is 1. The summed E-state index contributed by atoms with van der Waals surface area (Å²) in [5, 5.41) is 6.53. The second-order valence-corrected chi connectivity index (χ2v) is 5.94. The molecule has 0 aliphatic carbocycles. The third-order valence-corrected chi connectivity index (χ3v) is 3.81. The molecule has 6 nitrogen and oxygen atoms in total. The highest BCUT2D eigenvalue weighted by Crippen LogP contribution is 2.27. The molecule has 2 aromatic rings. The van der Waals surface area contributed by atoms with Gasteiger partial charge >= 0.3 is 0 Å². The van der Waals surface area contributed by atoms with Crippen LogP contribution in [0.5, 0.6) is 11.5 Å². The van der Waals surface area contributed by atoms with Gasteiger partial charge in [0.25, 0.3) is 5.91 Å². The van der Waals surface area contributed by atoms with Gasteiger partial charge in [-0.15, -0.1) is 0 Å². The normalized spacial score (nSPS) is 10.5. The van der Waals surface area contributed by atoms with Crippen molar-refractivity contribution in [1.82, 2.24) is 5.32 Å². The molecule has 0 aromatic heterocycles. The lowest BCUT2D eigenvalue weighted by molar-refractivity contribution is -0.125. The molecule has 0 spiro atoms. The van der Waals surface area contributed by atoms with Crippen molar-refractivity contribution in [2.75, 3.05) is 20.8 Å². The number of benzene rings is 2. The van der Waals surface area contributed by atoms with Crippen LogP contribution >= 0.6 is 15.9 Å². The van der Waals surface area contributed by atoms with Gasteiger partial charge in [-0.25, -0.2) is 0 Å². The first-order valence-corrected chi connectivity index (χ1v) is 8.30. The van der Waals surface area contributed by atoms with Crippen LogP contribution in [0.15, 0.2) is 52.1 Å². The van der Waals surface area contributed by atoms with Crippen molar-refractivity contribution in [3.63, 3.8) is 0 Å². The number of carbonyl (C=O) groups excluding carboxylic acids is 1. The van der Waals surface area contributed by atoms with Gasteiger partial charge in [-0.2, -0.15) is 0 Å². The van der Waals surface area contributed by atoms with E-state index >= 15 is 0 Å². The summed E-state index contributed by atoms with van der Waals surface area (Å²) in [6.45, 7) is 0.208. The van der Waals surface area contributed by atoms with Crippen molar-refractivity contribution in [2.45, 2.75) is 6.54 Å². The van der Waals surface area contributed by atoms with E-state index in [2.05, 4.69) is 26.4 Å². The zero-order valence-corrected chi connectivity index (χ0v) is 15.6. The monoisotopic (exact) mass is 406 g/mol. The Labute approximate surface area is 154 Å². The van der Waals surface area contributed by atoms with Gasteiger partial charge in [0.1, 0.15) is 0 Å². The van der Waals surface area contributed by atoms with Crippen LogP contribution in [0.3, 0.4) is 0 Å². The summed E-state index contributed by atoms with van der Waals surface area (Å²) in [5.74, 6) is 0.996. The van der Waals surface area contributed by atoms with Crippen molar-refractivity contribution in [3.8, 4) is 11.5 Å². The van der Waals surface area contributed by atoms with E-state index in [-0.39, 0.29) is 12.5 Å². The summed E-state index contributed by atoms with van der Waals surface area (Å²) in [4.78, 5) is 16.8. The number of ether oxygens (including phenoxy) is 2. The first-order valence-electron chi connectivity index (χ1n) is 7.51. The molecule has 2 rings (SSSR count). The van der Waals surface area contributed by atoms with E-state index in [9.17, 15) is 4.79 Å². The van der Waals surface area contributed by atoms with Gasteiger partial charge in [0.2, 0.25) is 0 Å². The molecule has 0 radical (unpaired) electrons. The molecule has 0 heterocycles. The number of methoxy groups -OCH3 is 2. The van der Waals surface area contributed by atoms with Crippen LogP contribution in [0, 0.1) is 0 Å². The number of halogens is 1. The van der Waals surface area contributed by atoms with Crippen LogP contribution in [-0.4, -0.2) is 32.9 Å². The highest BCUT2D eigenvalue weighted by molar-refractivity contribution is 9.10. The number of nitrogens with zero attached hydrogens (tertiary/aromatic N) is 1. The lowest BCUT2D eigenvalue weighted by Gasteiger charge is -2.10. The van der Waals surface area contributed by atoms with Gasteiger partial charge < -0.3 is 19.6 Å². The van der Waals surface area contributed by atoms with Crippen molar-refractivity contribution < 1.29 is 19.1 Å². The molecule has 0 saturated carbocycles. The molecule has 2 aromatic carbocycles. The molecule has 0 unspecified atom stereocenters. The zero-order valence-electron chi connectivity index (χ0n) is 14.0. The van der Waals surface area contributed by atoms with E-state index in [1.165, 1.54) is 0 Å². The van der Waals surface area contributed by atoms with Gasteiger partial charge in [0.05, 0.1) is 20.4 Å². The molecule has 0 aliphatic heterocycles. The lowest BCUT2D eigenvalue weighted by Crippen LogP contribution is -2.26. The number of amides is 1. The minimum absolute atomic E-state index is 0.152. The summed E-state index contributed by atoms with van der Waals surface area (Å²) in [7, 11) is 3.14. The van der Waals surface area contributed by atoms with Gasteiger partial charge in [-0.1, -0.05) is 39.3 Å². The Hall–Kier alpha value is -2.54. The van der Waals surface area contributed by atoms with Gasteiger partial charge in [-0.3, -0.25) is 4.79 Å². The molecule has 25 heavy (non-hydrogen) atoms. The fourth-order valence-electron chi connectivity index (χ4n) is 1.99. The van der Waals surface area contributed by atoms with Crippen LogP contribution in [-0.2, 0) is 16.2 Å². The maximum atomic E-state index is 11.8. The number of carbonyl (C=O) groups is 1. The van der Waals surface area contributed by atoms with Gasteiger partial charge in [-0.05, 0) is 35.4 Å². The highest BCUT2D eigenvalue weighted by Gasteiger charge is 2.06. The maximum Gasteiger partial charge on any atom is 0.261 e. The Morgan fingerprint density at radius 1 is 1.12 bits per heavy atom. The summed E-state index contributed by atoms with van der Waals surface area (Å²) in [5.41, 5.74) is 1.78. The third-order valence-electron chi connectivity index (χ3n) is 3.28. The van der Waals surface area contributed by atoms with Crippen molar-refractivity contribution >= 4 is 28.1 Å². The Morgan fingerprint density at radius 3 is 2.52 bits per heavy atom. The predicted molar refractivity (Wildman–Crippen MR) is 99.1 cm³/mol.